The van der Waals surface area contributed by atoms with Crippen LogP contribution in [0, 0.1) is 0 Å². The lowest BCUT2D eigenvalue weighted by molar-refractivity contribution is -0.124. The van der Waals surface area contributed by atoms with Crippen molar-refractivity contribution in [3.05, 3.63) is 72.2 Å². The van der Waals surface area contributed by atoms with Gasteiger partial charge in [0.15, 0.2) is 21.3 Å². The molecule has 1 aromatic heterocycles. The Labute approximate surface area is 197 Å². The van der Waals surface area contributed by atoms with Crippen molar-refractivity contribution in [3.63, 3.8) is 0 Å². The highest BCUT2D eigenvalue weighted by atomic mass is 32.2. The highest BCUT2D eigenvalue weighted by Gasteiger charge is 2.40. The lowest BCUT2D eigenvalue weighted by Gasteiger charge is -2.21. The maximum Gasteiger partial charge on any atom is 0.240 e. The molecule has 1 atom stereocenters. The number of furan rings is 1. The maximum absolute atomic E-state index is 13.7. The summed E-state index contributed by atoms with van der Waals surface area (Å²) in [5, 5.41) is 1.53. The highest BCUT2D eigenvalue weighted by molar-refractivity contribution is 7.92. The molecule has 4 rings (SSSR count). The number of nitrogens with one attached hydrogen (secondary N) is 1. The first kappa shape index (κ1) is 23.4. The van der Waals surface area contributed by atoms with Crippen LogP contribution in [0.5, 0.6) is 11.5 Å². The molecule has 178 valence electrons. The number of rotatable bonds is 7. The minimum Gasteiger partial charge on any atom is -0.493 e. The number of carbonyl (C=O) groups is 2. The molecule has 1 aliphatic rings. The Morgan fingerprint density at radius 2 is 1.85 bits per heavy atom. The van der Waals surface area contributed by atoms with Crippen LogP contribution in [0.3, 0.4) is 0 Å². The van der Waals surface area contributed by atoms with Crippen molar-refractivity contribution in [2.24, 2.45) is 0 Å². The summed E-state index contributed by atoms with van der Waals surface area (Å²) in [6.07, 6.45) is 1.16. The molecule has 0 unspecified atom stereocenters. The largest absolute Gasteiger partial charge is 0.493 e. The molecule has 3 aromatic rings. The summed E-state index contributed by atoms with van der Waals surface area (Å²) in [4.78, 5) is 27.1. The summed E-state index contributed by atoms with van der Waals surface area (Å²) in [5.41, 5.74) is 0.563. The van der Waals surface area contributed by atoms with E-state index in [0.717, 1.165) is 0 Å². The van der Waals surface area contributed by atoms with Crippen molar-refractivity contribution in [2.75, 3.05) is 25.7 Å². The van der Waals surface area contributed by atoms with E-state index < -0.39 is 26.9 Å². The van der Waals surface area contributed by atoms with Crippen LogP contribution in [-0.4, -0.2) is 41.0 Å². The topological polar surface area (TPSA) is 115 Å². The molecule has 2 aromatic carbocycles. The molecule has 2 amide bonds. The van der Waals surface area contributed by atoms with Crippen LogP contribution >= 0.6 is 0 Å². The number of hydrogen-bond donors (Lipinski definition) is 1. The predicted octanol–water partition coefficient (Wildman–Crippen LogP) is 2.86. The molecule has 0 radical (unpaired) electrons. The van der Waals surface area contributed by atoms with Crippen LogP contribution in [0.2, 0.25) is 0 Å². The standard InChI is InChI=1S/C24H24N2O7S/c1-31-19-10-9-16(12-20(19)32-2)22-13-24(28)26(15-23(27)25-14-17-6-5-11-33-17)18-7-3-4-8-21(18)34(22,29)30/h3-12,22H,13-15H2,1-2H3,(H,25,27)/t22-/m1/s1. The molecule has 1 N–H and O–H groups in total. The zero-order valence-corrected chi connectivity index (χ0v) is 19.5. The summed E-state index contributed by atoms with van der Waals surface area (Å²) >= 11 is 0. The van der Waals surface area contributed by atoms with Gasteiger partial charge in [-0.3, -0.25) is 9.59 Å². The predicted molar refractivity (Wildman–Crippen MR) is 123 cm³/mol. The number of sulfone groups is 1. The zero-order chi connectivity index (χ0) is 24.3. The Balaban J connectivity index is 1.68. The third-order valence-electron chi connectivity index (χ3n) is 5.62. The second kappa shape index (κ2) is 9.60. The maximum atomic E-state index is 13.7. The molecule has 34 heavy (non-hydrogen) atoms. The van der Waals surface area contributed by atoms with Gasteiger partial charge in [-0.05, 0) is 42.0 Å². The number of amides is 2. The Morgan fingerprint density at radius 1 is 1.09 bits per heavy atom. The number of nitrogens with zero attached hydrogens (tertiary/aromatic N) is 1. The number of fused-ring (bicyclic) bond motifs is 1. The SMILES string of the molecule is COc1ccc([C@H]2CC(=O)N(CC(=O)NCc3ccco3)c3ccccc3S2(=O)=O)cc1OC. The number of para-hydroxylation sites is 1. The molecule has 1 aliphatic heterocycles. The molecule has 0 saturated carbocycles. The second-order valence-electron chi connectivity index (χ2n) is 7.66. The molecular weight excluding hydrogens is 460 g/mol. The van der Waals surface area contributed by atoms with Crippen molar-refractivity contribution in [1.29, 1.82) is 0 Å². The van der Waals surface area contributed by atoms with E-state index in [-0.39, 0.29) is 30.1 Å². The number of carbonyl (C=O) groups excluding carboxylic acids is 2. The van der Waals surface area contributed by atoms with E-state index in [1.165, 1.54) is 37.5 Å². The molecule has 0 fully saturated rings. The molecule has 0 saturated heterocycles. The van der Waals surface area contributed by atoms with E-state index >= 15 is 0 Å². The fourth-order valence-corrected chi connectivity index (χ4v) is 5.82. The molecule has 0 spiro atoms. The third-order valence-corrected chi connectivity index (χ3v) is 7.77. The summed E-state index contributed by atoms with van der Waals surface area (Å²) in [6, 6.07) is 14.4. The Hall–Kier alpha value is -3.79. The molecular formula is C24H24N2O7S. The van der Waals surface area contributed by atoms with Crippen LogP contribution in [0.15, 0.2) is 70.2 Å². The smallest absolute Gasteiger partial charge is 0.240 e. The Bertz CT molecular complexity index is 1300. The molecule has 2 heterocycles. The zero-order valence-electron chi connectivity index (χ0n) is 18.7. The van der Waals surface area contributed by atoms with Crippen LogP contribution in [0.1, 0.15) is 23.0 Å². The minimum absolute atomic E-state index is 0.0144. The van der Waals surface area contributed by atoms with Crippen LogP contribution in [0.4, 0.5) is 5.69 Å². The van der Waals surface area contributed by atoms with Crippen molar-refractivity contribution in [3.8, 4) is 11.5 Å². The average Bonchev–Trinajstić information content (AvgIpc) is 3.35. The van der Waals surface area contributed by atoms with Crippen molar-refractivity contribution in [2.45, 2.75) is 23.1 Å². The van der Waals surface area contributed by atoms with Gasteiger partial charge < -0.3 is 24.1 Å². The second-order valence-corrected chi connectivity index (χ2v) is 9.75. The molecule has 10 heteroatoms. The number of ether oxygens (including phenoxy) is 2. The quantitative estimate of drug-likeness (QED) is 0.548. The summed E-state index contributed by atoms with van der Waals surface area (Å²) in [7, 11) is -1.04. The van der Waals surface area contributed by atoms with Gasteiger partial charge in [-0.2, -0.15) is 0 Å². The van der Waals surface area contributed by atoms with Gasteiger partial charge in [0.2, 0.25) is 11.8 Å². The number of benzene rings is 2. The van der Waals surface area contributed by atoms with Gasteiger partial charge in [-0.25, -0.2) is 8.42 Å². The van der Waals surface area contributed by atoms with Crippen LogP contribution < -0.4 is 19.7 Å². The van der Waals surface area contributed by atoms with Crippen molar-refractivity contribution >= 4 is 27.3 Å². The third kappa shape index (κ3) is 4.49. The van der Waals surface area contributed by atoms with Crippen LogP contribution in [-0.2, 0) is 26.0 Å². The van der Waals surface area contributed by atoms with E-state index in [9.17, 15) is 18.0 Å². The van der Waals surface area contributed by atoms with Crippen molar-refractivity contribution in [1.82, 2.24) is 5.32 Å². The van der Waals surface area contributed by atoms with Gasteiger partial charge >= 0.3 is 0 Å². The number of hydrogen-bond acceptors (Lipinski definition) is 7. The lowest BCUT2D eigenvalue weighted by atomic mass is 10.1. The first-order chi connectivity index (χ1) is 16.3. The van der Waals surface area contributed by atoms with Gasteiger partial charge in [0.25, 0.3) is 0 Å². The number of anilines is 1. The summed E-state index contributed by atoms with van der Waals surface area (Å²) in [6.45, 7) is -0.174. The van der Waals surface area contributed by atoms with Gasteiger partial charge in [-0.15, -0.1) is 0 Å². The average molecular weight is 485 g/mol. The van der Waals surface area contributed by atoms with E-state index in [4.69, 9.17) is 13.9 Å². The van der Waals surface area contributed by atoms with Gasteiger partial charge in [0, 0.05) is 6.42 Å². The van der Waals surface area contributed by atoms with E-state index in [1.54, 1.807) is 42.5 Å². The minimum atomic E-state index is -3.97. The fraction of sp³-hybridized carbons (Fsp3) is 0.250. The van der Waals surface area contributed by atoms with E-state index in [1.807, 2.05) is 0 Å². The first-order valence-electron chi connectivity index (χ1n) is 10.5. The Kier molecular flexibility index (Phi) is 6.60. The van der Waals surface area contributed by atoms with E-state index in [2.05, 4.69) is 5.32 Å². The number of methoxy groups -OCH3 is 2. The van der Waals surface area contributed by atoms with Crippen LogP contribution in [0.25, 0.3) is 0 Å². The monoisotopic (exact) mass is 484 g/mol. The van der Waals surface area contributed by atoms with Gasteiger partial charge in [0.1, 0.15) is 12.3 Å². The first-order valence-corrected chi connectivity index (χ1v) is 12.0. The van der Waals surface area contributed by atoms with Crippen molar-refractivity contribution < 1.29 is 31.9 Å². The molecule has 0 aliphatic carbocycles. The normalized spacial score (nSPS) is 16.9. The van der Waals surface area contributed by atoms with Gasteiger partial charge in [-0.1, -0.05) is 18.2 Å². The van der Waals surface area contributed by atoms with Gasteiger partial charge in [0.05, 0.1) is 42.9 Å². The Morgan fingerprint density at radius 3 is 2.56 bits per heavy atom. The molecule has 9 nitrogen and oxygen atoms in total. The molecule has 0 bridgehead atoms. The highest BCUT2D eigenvalue weighted by Crippen LogP contribution is 2.42. The lowest BCUT2D eigenvalue weighted by Crippen LogP contribution is -2.40. The summed E-state index contributed by atoms with van der Waals surface area (Å²) < 4.78 is 43.1. The van der Waals surface area contributed by atoms with E-state index in [0.29, 0.717) is 22.8 Å². The fourth-order valence-electron chi connectivity index (χ4n) is 3.91. The summed E-state index contributed by atoms with van der Waals surface area (Å²) in [5.74, 6) is 0.434.